The summed E-state index contributed by atoms with van der Waals surface area (Å²) < 4.78 is 7.05. The molecular formula is C12H22N4OS. The van der Waals surface area contributed by atoms with Crippen molar-refractivity contribution in [3.05, 3.63) is 11.9 Å². The quantitative estimate of drug-likeness (QED) is 0.583. The van der Waals surface area contributed by atoms with Crippen molar-refractivity contribution in [3.8, 4) is 0 Å². The van der Waals surface area contributed by atoms with Crippen LogP contribution in [0, 0.1) is 0 Å². The first-order valence-corrected chi connectivity index (χ1v) is 6.73. The number of nitrogens with one attached hydrogen (secondary N) is 2. The van der Waals surface area contributed by atoms with Gasteiger partial charge >= 0.3 is 0 Å². The second kappa shape index (κ2) is 8.05. The first kappa shape index (κ1) is 14.9. The van der Waals surface area contributed by atoms with Crippen LogP contribution in [0.15, 0.2) is 6.20 Å². The van der Waals surface area contributed by atoms with E-state index in [4.69, 9.17) is 17.0 Å². The fourth-order valence-electron chi connectivity index (χ4n) is 1.59. The van der Waals surface area contributed by atoms with Crippen molar-refractivity contribution < 1.29 is 4.74 Å². The minimum Gasteiger partial charge on any atom is -0.382 e. The molecule has 0 bridgehead atoms. The second-order valence-electron chi connectivity index (χ2n) is 3.95. The molecule has 0 fully saturated rings. The number of rotatable bonds is 7. The largest absolute Gasteiger partial charge is 0.382 e. The van der Waals surface area contributed by atoms with Gasteiger partial charge in [-0.3, -0.25) is 4.68 Å². The highest BCUT2D eigenvalue weighted by atomic mass is 32.1. The lowest BCUT2D eigenvalue weighted by Crippen LogP contribution is -2.30. The van der Waals surface area contributed by atoms with Gasteiger partial charge in [-0.05, 0) is 32.0 Å². The van der Waals surface area contributed by atoms with Crippen molar-refractivity contribution in [2.24, 2.45) is 7.05 Å². The van der Waals surface area contributed by atoms with Crippen molar-refractivity contribution in [2.75, 3.05) is 25.1 Å². The fraction of sp³-hybridized carbons (Fsp3) is 0.667. The zero-order chi connectivity index (χ0) is 13.4. The summed E-state index contributed by atoms with van der Waals surface area (Å²) in [5.74, 6) is 0. The number of aromatic nitrogens is 2. The summed E-state index contributed by atoms with van der Waals surface area (Å²) in [4.78, 5) is 0. The molecule has 1 rings (SSSR count). The monoisotopic (exact) mass is 270 g/mol. The smallest absolute Gasteiger partial charge is 0.170 e. The highest BCUT2D eigenvalue weighted by Crippen LogP contribution is 2.13. The van der Waals surface area contributed by atoms with Gasteiger partial charge in [0.1, 0.15) is 0 Å². The second-order valence-corrected chi connectivity index (χ2v) is 4.36. The van der Waals surface area contributed by atoms with E-state index in [0.717, 1.165) is 44.0 Å². The van der Waals surface area contributed by atoms with Gasteiger partial charge in [-0.25, -0.2) is 0 Å². The Morgan fingerprint density at radius 1 is 1.50 bits per heavy atom. The Labute approximate surface area is 114 Å². The van der Waals surface area contributed by atoms with Crippen molar-refractivity contribution in [1.29, 1.82) is 0 Å². The topological polar surface area (TPSA) is 51.1 Å². The van der Waals surface area contributed by atoms with Gasteiger partial charge in [-0.1, -0.05) is 6.92 Å². The van der Waals surface area contributed by atoms with E-state index >= 15 is 0 Å². The summed E-state index contributed by atoms with van der Waals surface area (Å²) in [5.41, 5.74) is 2.00. The molecule has 0 amide bonds. The van der Waals surface area contributed by atoms with Crippen molar-refractivity contribution in [2.45, 2.75) is 26.7 Å². The van der Waals surface area contributed by atoms with E-state index in [-0.39, 0.29) is 0 Å². The number of nitrogens with zero attached hydrogens (tertiary/aromatic N) is 2. The van der Waals surface area contributed by atoms with Gasteiger partial charge in [0.05, 0.1) is 11.4 Å². The highest BCUT2D eigenvalue weighted by molar-refractivity contribution is 7.80. The van der Waals surface area contributed by atoms with Crippen LogP contribution in [0.4, 0.5) is 5.69 Å². The van der Waals surface area contributed by atoms with Crippen LogP contribution >= 0.6 is 12.2 Å². The van der Waals surface area contributed by atoms with E-state index in [1.165, 1.54) is 0 Å². The molecule has 0 aromatic carbocycles. The van der Waals surface area contributed by atoms with E-state index in [1.54, 1.807) is 4.68 Å². The normalized spacial score (nSPS) is 10.4. The molecule has 0 aliphatic carbocycles. The molecule has 0 unspecified atom stereocenters. The predicted molar refractivity (Wildman–Crippen MR) is 77.9 cm³/mol. The van der Waals surface area contributed by atoms with E-state index < -0.39 is 0 Å². The van der Waals surface area contributed by atoms with E-state index in [1.807, 2.05) is 20.2 Å². The summed E-state index contributed by atoms with van der Waals surface area (Å²) >= 11 is 5.23. The van der Waals surface area contributed by atoms with Crippen LogP contribution in [0.3, 0.4) is 0 Å². The number of aryl methyl sites for hydroxylation is 2. The van der Waals surface area contributed by atoms with Crippen LogP contribution in [-0.4, -0.2) is 34.7 Å². The average Bonchev–Trinajstić information content (AvgIpc) is 2.69. The van der Waals surface area contributed by atoms with E-state index in [0.29, 0.717) is 5.11 Å². The average molecular weight is 270 g/mol. The lowest BCUT2D eigenvalue weighted by Gasteiger charge is -2.09. The first-order valence-electron chi connectivity index (χ1n) is 6.32. The number of thiocarbonyl (C=S) groups is 1. The molecule has 0 atom stereocenters. The third-order valence-corrected chi connectivity index (χ3v) is 2.69. The van der Waals surface area contributed by atoms with Gasteiger partial charge in [0.2, 0.25) is 0 Å². The van der Waals surface area contributed by atoms with Gasteiger partial charge < -0.3 is 15.4 Å². The van der Waals surface area contributed by atoms with Crippen LogP contribution in [0.1, 0.15) is 26.0 Å². The molecule has 102 valence electrons. The lowest BCUT2D eigenvalue weighted by atomic mass is 10.3. The molecule has 18 heavy (non-hydrogen) atoms. The summed E-state index contributed by atoms with van der Waals surface area (Å²) in [7, 11) is 1.91. The summed E-state index contributed by atoms with van der Waals surface area (Å²) in [5, 5.41) is 11.3. The molecule has 6 heteroatoms. The third-order valence-electron chi connectivity index (χ3n) is 2.44. The molecule has 1 aromatic heterocycles. The van der Waals surface area contributed by atoms with Crippen LogP contribution in [-0.2, 0) is 18.2 Å². The van der Waals surface area contributed by atoms with Gasteiger partial charge in [0.15, 0.2) is 5.11 Å². The lowest BCUT2D eigenvalue weighted by molar-refractivity contribution is 0.146. The predicted octanol–water partition coefficient (Wildman–Crippen LogP) is 1.70. The molecule has 0 aliphatic heterocycles. The summed E-state index contributed by atoms with van der Waals surface area (Å²) in [6.45, 7) is 6.41. The zero-order valence-corrected chi connectivity index (χ0v) is 12.1. The molecule has 0 aliphatic rings. The number of ether oxygens (including phenoxy) is 1. The zero-order valence-electron chi connectivity index (χ0n) is 11.3. The first-order chi connectivity index (χ1) is 8.67. The van der Waals surface area contributed by atoms with Gasteiger partial charge in [-0.15, -0.1) is 0 Å². The van der Waals surface area contributed by atoms with Crippen molar-refractivity contribution >= 4 is 23.0 Å². The minimum atomic E-state index is 0.634. The number of hydrogen-bond donors (Lipinski definition) is 2. The van der Waals surface area contributed by atoms with Crippen LogP contribution in [0.25, 0.3) is 0 Å². The number of anilines is 1. The van der Waals surface area contributed by atoms with Crippen LogP contribution in [0.2, 0.25) is 0 Å². The van der Waals surface area contributed by atoms with E-state index in [2.05, 4.69) is 22.7 Å². The van der Waals surface area contributed by atoms with E-state index in [9.17, 15) is 0 Å². The molecule has 0 saturated carbocycles. The molecule has 0 radical (unpaired) electrons. The molecule has 1 aromatic rings. The minimum absolute atomic E-state index is 0.634. The number of hydrogen-bond acceptors (Lipinski definition) is 3. The van der Waals surface area contributed by atoms with Gasteiger partial charge in [0.25, 0.3) is 0 Å². The Hall–Kier alpha value is -1.14. The van der Waals surface area contributed by atoms with Crippen LogP contribution < -0.4 is 10.6 Å². The summed E-state index contributed by atoms with van der Waals surface area (Å²) in [6.07, 6.45) is 3.77. The maximum absolute atomic E-state index is 5.26. The molecule has 2 N–H and O–H groups in total. The highest BCUT2D eigenvalue weighted by Gasteiger charge is 2.06. The Kier molecular flexibility index (Phi) is 6.67. The standard InChI is InChI=1S/C12H22N4OS/c1-4-10-11(9-16(3)15-10)14-12(18)13-7-6-8-17-5-2/h9H,4-8H2,1-3H3,(H2,13,14,18). The Bertz CT molecular complexity index is 378. The summed E-state index contributed by atoms with van der Waals surface area (Å²) in [6, 6.07) is 0. The van der Waals surface area contributed by atoms with Crippen LogP contribution in [0.5, 0.6) is 0 Å². The van der Waals surface area contributed by atoms with Gasteiger partial charge in [-0.2, -0.15) is 5.10 Å². The fourth-order valence-corrected chi connectivity index (χ4v) is 1.80. The SMILES string of the molecule is CCOCCCNC(=S)Nc1cn(C)nc1CC. The molecule has 0 saturated heterocycles. The molecule has 0 spiro atoms. The maximum Gasteiger partial charge on any atom is 0.170 e. The Morgan fingerprint density at radius 3 is 2.94 bits per heavy atom. The Balaban J connectivity index is 2.31. The molecular weight excluding hydrogens is 248 g/mol. The third kappa shape index (κ3) is 5.01. The van der Waals surface area contributed by atoms with Crippen molar-refractivity contribution in [1.82, 2.24) is 15.1 Å². The maximum atomic E-state index is 5.26. The molecule has 1 heterocycles. The van der Waals surface area contributed by atoms with Gasteiger partial charge in [0, 0.05) is 33.0 Å². The molecule has 5 nitrogen and oxygen atoms in total. The van der Waals surface area contributed by atoms with Crippen molar-refractivity contribution in [3.63, 3.8) is 0 Å². The Morgan fingerprint density at radius 2 is 2.28 bits per heavy atom.